The van der Waals surface area contributed by atoms with Crippen LogP contribution in [0.25, 0.3) is 10.9 Å². The van der Waals surface area contributed by atoms with Gasteiger partial charge >= 0.3 is 0 Å². The summed E-state index contributed by atoms with van der Waals surface area (Å²) in [7, 11) is 4.13. The Kier molecular flexibility index (Phi) is 4.36. The van der Waals surface area contributed by atoms with Crippen molar-refractivity contribution in [3.05, 3.63) is 35.9 Å². The summed E-state index contributed by atoms with van der Waals surface area (Å²) >= 11 is 0. The average Bonchev–Trinajstić information content (AvgIpc) is 2.50. The highest BCUT2D eigenvalue weighted by Crippen LogP contribution is 2.24. The van der Waals surface area contributed by atoms with Gasteiger partial charge in [-0.25, -0.2) is 4.98 Å². The molecule has 1 N–H and O–H groups in total. The highest BCUT2D eigenvalue weighted by atomic mass is 16.5. The third-order valence-corrected chi connectivity index (χ3v) is 4.10. The molecule has 1 saturated heterocycles. The van der Waals surface area contributed by atoms with Crippen molar-refractivity contribution in [2.75, 3.05) is 27.2 Å². The molecule has 0 unspecified atom stereocenters. The molecule has 1 aromatic heterocycles. The first-order chi connectivity index (χ1) is 10.3. The number of aromatic nitrogens is 1. The van der Waals surface area contributed by atoms with Gasteiger partial charge in [-0.1, -0.05) is 18.2 Å². The summed E-state index contributed by atoms with van der Waals surface area (Å²) in [5.41, 5.74) is 2.25. The van der Waals surface area contributed by atoms with Crippen molar-refractivity contribution in [3.8, 4) is 5.88 Å². The lowest BCUT2D eigenvalue weighted by Crippen LogP contribution is -2.35. The molecule has 3 rings (SSSR count). The molecule has 1 aliphatic rings. The molecule has 2 heterocycles. The van der Waals surface area contributed by atoms with E-state index in [-0.39, 0.29) is 6.10 Å². The number of para-hydroxylation sites is 1. The van der Waals surface area contributed by atoms with Gasteiger partial charge < -0.3 is 15.0 Å². The number of piperidine rings is 1. The van der Waals surface area contributed by atoms with Gasteiger partial charge in [-0.2, -0.15) is 0 Å². The maximum atomic E-state index is 6.13. The first-order valence-electron chi connectivity index (χ1n) is 7.65. The Morgan fingerprint density at radius 2 is 2.05 bits per heavy atom. The molecular formula is C17H23N3O. The Morgan fingerprint density at radius 3 is 2.81 bits per heavy atom. The van der Waals surface area contributed by atoms with Crippen molar-refractivity contribution < 1.29 is 4.74 Å². The van der Waals surface area contributed by atoms with Gasteiger partial charge in [0.15, 0.2) is 0 Å². The number of likely N-dealkylation sites (tertiary alicyclic amines) is 1. The maximum absolute atomic E-state index is 6.13. The van der Waals surface area contributed by atoms with E-state index in [1.54, 1.807) is 0 Å². The zero-order valence-corrected chi connectivity index (χ0v) is 12.8. The van der Waals surface area contributed by atoms with E-state index >= 15 is 0 Å². The van der Waals surface area contributed by atoms with Gasteiger partial charge in [0, 0.05) is 31.1 Å². The van der Waals surface area contributed by atoms with E-state index in [4.69, 9.17) is 4.74 Å². The Morgan fingerprint density at radius 1 is 1.29 bits per heavy atom. The summed E-state index contributed by atoms with van der Waals surface area (Å²) in [5.74, 6) is 0.758. The standard InChI is InChI=1S/C17H23N3O/c1-18-12-13-11-17(19-16-6-4-3-5-15(13)16)21-14-7-9-20(2)10-8-14/h3-6,11,14,18H,7-10,12H2,1-2H3. The number of nitrogens with one attached hydrogen (secondary N) is 1. The molecule has 0 spiro atoms. The first-order valence-corrected chi connectivity index (χ1v) is 7.65. The fourth-order valence-electron chi connectivity index (χ4n) is 2.89. The van der Waals surface area contributed by atoms with Gasteiger partial charge in [-0.3, -0.25) is 0 Å². The summed E-state index contributed by atoms with van der Waals surface area (Å²) < 4.78 is 6.13. The van der Waals surface area contributed by atoms with Crippen LogP contribution in [0, 0.1) is 0 Å². The number of hydrogen-bond acceptors (Lipinski definition) is 4. The minimum absolute atomic E-state index is 0.289. The van der Waals surface area contributed by atoms with Gasteiger partial charge in [0.1, 0.15) is 6.10 Å². The summed E-state index contributed by atoms with van der Waals surface area (Å²) in [6.07, 6.45) is 2.44. The van der Waals surface area contributed by atoms with Gasteiger partial charge in [-0.05, 0) is 38.6 Å². The molecule has 112 valence electrons. The van der Waals surface area contributed by atoms with Crippen LogP contribution in [0.15, 0.2) is 30.3 Å². The van der Waals surface area contributed by atoms with Crippen molar-refractivity contribution in [2.24, 2.45) is 0 Å². The molecule has 0 aliphatic carbocycles. The second-order valence-electron chi connectivity index (χ2n) is 5.79. The molecule has 0 bridgehead atoms. The fraction of sp³-hybridized carbons (Fsp3) is 0.471. The molecule has 0 radical (unpaired) electrons. The van der Waals surface area contributed by atoms with Crippen LogP contribution in [0.1, 0.15) is 18.4 Å². The highest BCUT2D eigenvalue weighted by molar-refractivity contribution is 5.82. The maximum Gasteiger partial charge on any atom is 0.214 e. The highest BCUT2D eigenvalue weighted by Gasteiger charge is 2.19. The molecule has 1 fully saturated rings. The van der Waals surface area contributed by atoms with Crippen LogP contribution in [0.5, 0.6) is 5.88 Å². The van der Waals surface area contributed by atoms with Crippen LogP contribution in [-0.2, 0) is 6.54 Å². The Hall–Kier alpha value is -1.65. The summed E-state index contributed by atoms with van der Waals surface area (Å²) in [5, 5.41) is 4.42. The van der Waals surface area contributed by atoms with Crippen LogP contribution in [0.2, 0.25) is 0 Å². The number of fused-ring (bicyclic) bond motifs is 1. The van der Waals surface area contributed by atoms with Gasteiger partial charge in [0.05, 0.1) is 5.52 Å². The fourth-order valence-corrected chi connectivity index (χ4v) is 2.89. The molecule has 21 heavy (non-hydrogen) atoms. The predicted molar refractivity (Wildman–Crippen MR) is 85.7 cm³/mol. The van der Waals surface area contributed by atoms with Crippen molar-refractivity contribution >= 4 is 10.9 Å². The lowest BCUT2D eigenvalue weighted by Gasteiger charge is -2.29. The van der Waals surface area contributed by atoms with Crippen molar-refractivity contribution in [1.82, 2.24) is 15.2 Å². The summed E-state index contributed by atoms with van der Waals surface area (Å²) in [6, 6.07) is 10.3. The Labute approximate surface area is 126 Å². The molecule has 0 amide bonds. The molecule has 1 aromatic carbocycles. The molecule has 0 saturated carbocycles. The van der Waals surface area contributed by atoms with Crippen LogP contribution >= 0.6 is 0 Å². The molecule has 4 nitrogen and oxygen atoms in total. The quantitative estimate of drug-likeness (QED) is 0.936. The van der Waals surface area contributed by atoms with E-state index in [0.29, 0.717) is 0 Å². The number of pyridine rings is 1. The predicted octanol–water partition coefficient (Wildman–Crippen LogP) is 2.43. The molecular weight excluding hydrogens is 262 g/mol. The molecule has 1 aliphatic heterocycles. The van der Waals surface area contributed by atoms with Crippen LogP contribution in [-0.4, -0.2) is 43.2 Å². The zero-order chi connectivity index (χ0) is 14.7. The summed E-state index contributed by atoms with van der Waals surface area (Å²) in [4.78, 5) is 7.01. The van der Waals surface area contributed by atoms with Crippen LogP contribution in [0.4, 0.5) is 0 Å². The topological polar surface area (TPSA) is 37.4 Å². The number of nitrogens with zero attached hydrogens (tertiary/aromatic N) is 2. The van der Waals surface area contributed by atoms with Crippen molar-refractivity contribution in [1.29, 1.82) is 0 Å². The summed E-state index contributed by atoms with van der Waals surface area (Å²) in [6.45, 7) is 3.02. The van der Waals surface area contributed by atoms with Gasteiger partial charge in [0.2, 0.25) is 5.88 Å². The minimum atomic E-state index is 0.289. The van der Waals surface area contributed by atoms with E-state index in [1.807, 2.05) is 13.1 Å². The molecule has 0 atom stereocenters. The van der Waals surface area contributed by atoms with Crippen molar-refractivity contribution in [2.45, 2.75) is 25.5 Å². The first kappa shape index (κ1) is 14.3. The number of hydrogen-bond donors (Lipinski definition) is 1. The third kappa shape index (κ3) is 3.34. The van der Waals surface area contributed by atoms with E-state index in [9.17, 15) is 0 Å². The SMILES string of the molecule is CNCc1cc(OC2CCN(C)CC2)nc2ccccc12. The van der Waals surface area contributed by atoms with Crippen LogP contribution in [0.3, 0.4) is 0 Å². The number of rotatable bonds is 4. The minimum Gasteiger partial charge on any atom is -0.474 e. The monoisotopic (exact) mass is 285 g/mol. The third-order valence-electron chi connectivity index (χ3n) is 4.10. The second-order valence-corrected chi connectivity index (χ2v) is 5.79. The van der Waals surface area contributed by atoms with E-state index in [0.717, 1.165) is 43.9 Å². The van der Waals surface area contributed by atoms with Gasteiger partial charge in [0.25, 0.3) is 0 Å². The largest absolute Gasteiger partial charge is 0.474 e. The molecule has 4 heteroatoms. The Balaban J connectivity index is 1.84. The number of benzene rings is 1. The van der Waals surface area contributed by atoms with Crippen LogP contribution < -0.4 is 10.1 Å². The number of ether oxygens (including phenoxy) is 1. The lowest BCUT2D eigenvalue weighted by atomic mass is 10.1. The Bertz CT molecular complexity index is 606. The van der Waals surface area contributed by atoms with Gasteiger partial charge in [-0.15, -0.1) is 0 Å². The van der Waals surface area contributed by atoms with E-state index in [2.05, 4.69) is 46.5 Å². The average molecular weight is 285 g/mol. The zero-order valence-electron chi connectivity index (χ0n) is 12.8. The lowest BCUT2D eigenvalue weighted by molar-refractivity contribution is 0.110. The normalized spacial score (nSPS) is 17.2. The van der Waals surface area contributed by atoms with E-state index in [1.165, 1.54) is 10.9 Å². The van der Waals surface area contributed by atoms with E-state index < -0.39 is 0 Å². The molecule has 2 aromatic rings. The smallest absolute Gasteiger partial charge is 0.214 e. The van der Waals surface area contributed by atoms with Crippen molar-refractivity contribution in [3.63, 3.8) is 0 Å². The second kappa shape index (κ2) is 6.41.